The summed E-state index contributed by atoms with van der Waals surface area (Å²) < 4.78 is 31.1. The smallest absolute Gasteiger partial charge is 0.251 e. The van der Waals surface area contributed by atoms with Gasteiger partial charge in [0.2, 0.25) is 0 Å². The third kappa shape index (κ3) is 3.92. The number of nitrogens with two attached hydrogens (primary N) is 1. The molecule has 0 saturated heterocycles. The van der Waals surface area contributed by atoms with Crippen molar-refractivity contribution in [1.82, 2.24) is 5.32 Å². The van der Waals surface area contributed by atoms with Gasteiger partial charge in [0.05, 0.1) is 12.2 Å². The first kappa shape index (κ1) is 14.8. The van der Waals surface area contributed by atoms with Gasteiger partial charge >= 0.3 is 0 Å². The van der Waals surface area contributed by atoms with E-state index >= 15 is 0 Å². The molecule has 3 N–H and O–H groups in total. The van der Waals surface area contributed by atoms with Crippen LogP contribution in [0.2, 0.25) is 0 Å². The number of ether oxygens (including phenoxy) is 1. The molecule has 2 aromatic rings. The zero-order chi connectivity index (χ0) is 15.2. The van der Waals surface area contributed by atoms with E-state index in [9.17, 15) is 13.6 Å². The third-order valence-electron chi connectivity index (χ3n) is 2.75. The minimum Gasteiger partial charge on any atom is -0.490 e. The Balaban J connectivity index is 1.82. The van der Waals surface area contributed by atoms with Gasteiger partial charge < -0.3 is 15.8 Å². The van der Waals surface area contributed by atoms with Crippen molar-refractivity contribution in [2.24, 2.45) is 0 Å². The summed E-state index contributed by atoms with van der Waals surface area (Å²) >= 11 is 0. The highest BCUT2D eigenvalue weighted by Crippen LogP contribution is 2.19. The van der Waals surface area contributed by atoms with Crippen LogP contribution in [0, 0.1) is 11.6 Å². The second-order valence-electron chi connectivity index (χ2n) is 4.27. The Morgan fingerprint density at radius 1 is 1.14 bits per heavy atom. The standard InChI is InChI=1S/C15H14F2N2O2/c16-11-6-5-10(9-12(11)17)15(20)19-7-8-21-14-4-2-1-3-13(14)18/h1-6,9H,7-8,18H2,(H,19,20). The topological polar surface area (TPSA) is 64.3 Å². The Hall–Kier alpha value is -2.63. The van der Waals surface area contributed by atoms with Gasteiger partial charge in [0.25, 0.3) is 5.91 Å². The Morgan fingerprint density at radius 3 is 2.62 bits per heavy atom. The monoisotopic (exact) mass is 292 g/mol. The van der Waals surface area contributed by atoms with Crippen molar-refractivity contribution in [2.75, 3.05) is 18.9 Å². The van der Waals surface area contributed by atoms with Gasteiger partial charge in [-0.05, 0) is 30.3 Å². The van der Waals surface area contributed by atoms with E-state index in [1.54, 1.807) is 24.3 Å². The fraction of sp³-hybridized carbons (Fsp3) is 0.133. The SMILES string of the molecule is Nc1ccccc1OCCNC(=O)c1ccc(F)c(F)c1. The summed E-state index contributed by atoms with van der Waals surface area (Å²) in [6, 6.07) is 9.95. The molecular weight excluding hydrogens is 278 g/mol. The summed E-state index contributed by atoms with van der Waals surface area (Å²) in [6.07, 6.45) is 0. The number of amides is 1. The summed E-state index contributed by atoms with van der Waals surface area (Å²) in [5.74, 6) is -2.02. The van der Waals surface area contributed by atoms with Gasteiger partial charge in [0, 0.05) is 5.56 Å². The van der Waals surface area contributed by atoms with Crippen molar-refractivity contribution < 1.29 is 18.3 Å². The zero-order valence-electron chi connectivity index (χ0n) is 11.1. The molecule has 0 aliphatic heterocycles. The first-order chi connectivity index (χ1) is 10.1. The van der Waals surface area contributed by atoms with Crippen LogP contribution in [0.1, 0.15) is 10.4 Å². The maximum atomic E-state index is 13.0. The minimum absolute atomic E-state index is 0.0492. The fourth-order valence-corrected chi connectivity index (χ4v) is 1.68. The normalized spacial score (nSPS) is 10.2. The van der Waals surface area contributed by atoms with Crippen molar-refractivity contribution in [3.8, 4) is 5.75 Å². The number of carbonyl (C=O) groups excluding carboxylic acids is 1. The Morgan fingerprint density at radius 2 is 1.90 bits per heavy atom. The van der Waals surface area contributed by atoms with Crippen molar-refractivity contribution in [2.45, 2.75) is 0 Å². The van der Waals surface area contributed by atoms with Crippen LogP contribution in [0.5, 0.6) is 5.75 Å². The summed E-state index contributed by atoms with van der Waals surface area (Å²) in [7, 11) is 0. The quantitative estimate of drug-likeness (QED) is 0.657. The highest BCUT2D eigenvalue weighted by molar-refractivity contribution is 5.94. The predicted octanol–water partition coefficient (Wildman–Crippen LogP) is 2.36. The van der Waals surface area contributed by atoms with E-state index in [2.05, 4.69) is 5.32 Å². The van der Waals surface area contributed by atoms with Gasteiger partial charge in [-0.2, -0.15) is 0 Å². The molecule has 2 rings (SSSR count). The lowest BCUT2D eigenvalue weighted by molar-refractivity contribution is 0.0946. The number of carbonyl (C=O) groups is 1. The van der Waals surface area contributed by atoms with E-state index in [1.165, 1.54) is 6.07 Å². The number of para-hydroxylation sites is 2. The molecule has 0 radical (unpaired) electrons. The third-order valence-corrected chi connectivity index (χ3v) is 2.75. The van der Waals surface area contributed by atoms with Crippen molar-refractivity contribution >= 4 is 11.6 Å². The van der Waals surface area contributed by atoms with Gasteiger partial charge in [0.15, 0.2) is 11.6 Å². The average Bonchev–Trinajstić information content (AvgIpc) is 2.48. The molecule has 1 amide bonds. The lowest BCUT2D eigenvalue weighted by atomic mass is 10.2. The van der Waals surface area contributed by atoms with Crippen molar-refractivity contribution in [3.63, 3.8) is 0 Å². The van der Waals surface area contributed by atoms with Crippen LogP contribution in [-0.2, 0) is 0 Å². The predicted molar refractivity (Wildman–Crippen MR) is 75.0 cm³/mol. The number of nitrogens with one attached hydrogen (secondary N) is 1. The molecule has 0 aliphatic carbocycles. The molecule has 0 atom stereocenters. The lowest BCUT2D eigenvalue weighted by Gasteiger charge is -2.09. The number of halogens is 2. The molecule has 110 valence electrons. The molecule has 2 aromatic carbocycles. The summed E-state index contributed by atoms with van der Waals surface area (Å²) in [6.45, 7) is 0.426. The molecule has 0 aromatic heterocycles. The Labute approximate surface area is 120 Å². The van der Waals surface area contributed by atoms with E-state index in [-0.39, 0.29) is 18.7 Å². The maximum absolute atomic E-state index is 13.0. The molecule has 4 nitrogen and oxygen atoms in total. The number of nitrogen functional groups attached to an aromatic ring is 1. The number of hydrogen-bond acceptors (Lipinski definition) is 3. The van der Waals surface area contributed by atoms with Gasteiger partial charge in [-0.3, -0.25) is 4.79 Å². The van der Waals surface area contributed by atoms with Crippen LogP contribution < -0.4 is 15.8 Å². The molecule has 21 heavy (non-hydrogen) atoms. The fourth-order valence-electron chi connectivity index (χ4n) is 1.68. The highest BCUT2D eigenvalue weighted by Gasteiger charge is 2.09. The van der Waals surface area contributed by atoms with Crippen molar-refractivity contribution in [3.05, 3.63) is 59.7 Å². The zero-order valence-corrected chi connectivity index (χ0v) is 11.1. The second kappa shape index (κ2) is 6.69. The molecular formula is C15H14F2N2O2. The summed E-state index contributed by atoms with van der Waals surface area (Å²) in [5, 5.41) is 2.54. The van der Waals surface area contributed by atoms with Gasteiger partial charge in [-0.1, -0.05) is 12.1 Å². The van der Waals surface area contributed by atoms with Crippen LogP contribution in [0.3, 0.4) is 0 Å². The van der Waals surface area contributed by atoms with Gasteiger partial charge in [-0.25, -0.2) is 8.78 Å². The van der Waals surface area contributed by atoms with Crippen LogP contribution in [-0.4, -0.2) is 19.1 Å². The molecule has 0 saturated carbocycles. The van der Waals surface area contributed by atoms with Gasteiger partial charge in [-0.15, -0.1) is 0 Å². The second-order valence-corrected chi connectivity index (χ2v) is 4.27. The summed E-state index contributed by atoms with van der Waals surface area (Å²) in [5.41, 5.74) is 6.25. The van der Waals surface area contributed by atoms with E-state index in [4.69, 9.17) is 10.5 Å². The van der Waals surface area contributed by atoms with E-state index in [0.717, 1.165) is 12.1 Å². The van der Waals surface area contributed by atoms with Crippen LogP contribution in [0.4, 0.5) is 14.5 Å². The molecule has 0 unspecified atom stereocenters. The number of hydrogen-bond donors (Lipinski definition) is 2. The number of anilines is 1. The van der Waals surface area contributed by atoms with E-state index in [1.807, 2.05) is 0 Å². The molecule has 0 bridgehead atoms. The molecule has 0 spiro atoms. The summed E-state index contributed by atoms with van der Waals surface area (Å²) in [4.78, 5) is 11.7. The number of benzene rings is 2. The Bertz CT molecular complexity index is 647. The number of rotatable bonds is 5. The lowest BCUT2D eigenvalue weighted by Crippen LogP contribution is -2.28. The molecule has 0 heterocycles. The first-order valence-corrected chi connectivity index (χ1v) is 6.28. The van der Waals surface area contributed by atoms with Crippen LogP contribution >= 0.6 is 0 Å². The van der Waals surface area contributed by atoms with Crippen molar-refractivity contribution in [1.29, 1.82) is 0 Å². The molecule has 0 aliphatic rings. The highest BCUT2D eigenvalue weighted by atomic mass is 19.2. The minimum atomic E-state index is -1.06. The Kier molecular flexibility index (Phi) is 4.71. The largest absolute Gasteiger partial charge is 0.490 e. The maximum Gasteiger partial charge on any atom is 0.251 e. The van der Waals surface area contributed by atoms with Crippen LogP contribution in [0.25, 0.3) is 0 Å². The average molecular weight is 292 g/mol. The first-order valence-electron chi connectivity index (χ1n) is 6.28. The molecule has 0 fully saturated rings. The van der Waals surface area contributed by atoms with Crippen LogP contribution in [0.15, 0.2) is 42.5 Å². The van der Waals surface area contributed by atoms with E-state index < -0.39 is 17.5 Å². The van der Waals surface area contributed by atoms with E-state index in [0.29, 0.717) is 11.4 Å². The van der Waals surface area contributed by atoms with Gasteiger partial charge in [0.1, 0.15) is 12.4 Å². The molecule has 6 heteroatoms.